The van der Waals surface area contributed by atoms with Crippen molar-refractivity contribution in [2.24, 2.45) is 0 Å². The van der Waals surface area contributed by atoms with Crippen molar-refractivity contribution in [1.29, 1.82) is 0 Å². The molecular formula is C22H24ClN3O3S. The molecule has 158 valence electrons. The minimum Gasteiger partial charge on any atom is -0.478 e. The average Bonchev–Trinajstić information content (AvgIpc) is 3.12. The predicted octanol–water partition coefficient (Wildman–Crippen LogP) is 4.58. The van der Waals surface area contributed by atoms with Gasteiger partial charge in [-0.1, -0.05) is 29.0 Å². The molecule has 2 heterocycles. The van der Waals surface area contributed by atoms with Gasteiger partial charge in [0.25, 0.3) is 5.91 Å². The van der Waals surface area contributed by atoms with Crippen LogP contribution < -0.4 is 10.1 Å². The van der Waals surface area contributed by atoms with E-state index in [-0.39, 0.29) is 5.91 Å². The maximum absolute atomic E-state index is 12.8. The second kappa shape index (κ2) is 8.89. The molecule has 1 N–H and O–H groups in total. The van der Waals surface area contributed by atoms with Crippen LogP contribution in [0.2, 0.25) is 5.02 Å². The number of hydrogen-bond acceptors (Lipinski definition) is 6. The third-order valence-corrected chi connectivity index (χ3v) is 6.10. The van der Waals surface area contributed by atoms with E-state index < -0.39 is 5.60 Å². The molecule has 0 spiro atoms. The van der Waals surface area contributed by atoms with Crippen LogP contribution in [0.1, 0.15) is 19.4 Å². The fourth-order valence-corrected chi connectivity index (χ4v) is 4.28. The van der Waals surface area contributed by atoms with Crippen LogP contribution in [0.5, 0.6) is 5.75 Å². The van der Waals surface area contributed by atoms with Crippen LogP contribution in [0, 0.1) is 0 Å². The van der Waals surface area contributed by atoms with Crippen LogP contribution in [0.3, 0.4) is 0 Å². The van der Waals surface area contributed by atoms with Gasteiger partial charge in [0.2, 0.25) is 0 Å². The molecule has 1 aromatic heterocycles. The van der Waals surface area contributed by atoms with Gasteiger partial charge in [0.1, 0.15) is 5.75 Å². The fraction of sp³-hybridized carbons (Fsp3) is 0.364. The minimum absolute atomic E-state index is 0.259. The van der Waals surface area contributed by atoms with E-state index in [9.17, 15) is 4.79 Å². The average molecular weight is 446 g/mol. The summed E-state index contributed by atoms with van der Waals surface area (Å²) in [6.07, 6.45) is 0. The molecule has 0 bridgehead atoms. The van der Waals surface area contributed by atoms with Gasteiger partial charge < -0.3 is 9.47 Å². The van der Waals surface area contributed by atoms with E-state index in [4.69, 9.17) is 21.1 Å². The Bertz CT molecular complexity index is 1030. The zero-order valence-corrected chi connectivity index (χ0v) is 18.6. The Morgan fingerprint density at radius 1 is 1.23 bits per heavy atom. The van der Waals surface area contributed by atoms with Crippen molar-refractivity contribution < 1.29 is 14.3 Å². The summed E-state index contributed by atoms with van der Waals surface area (Å²) in [6.45, 7) is 7.81. The van der Waals surface area contributed by atoms with E-state index >= 15 is 0 Å². The molecule has 0 aliphatic carbocycles. The smallest absolute Gasteiger partial charge is 0.269 e. The van der Waals surface area contributed by atoms with Crippen molar-refractivity contribution in [3.8, 4) is 5.75 Å². The van der Waals surface area contributed by atoms with Crippen molar-refractivity contribution in [2.45, 2.75) is 26.0 Å². The molecule has 4 rings (SSSR count). The predicted molar refractivity (Wildman–Crippen MR) is 121 cm³/mol. The molecule has 0 atom stereocenters. The number of anilines is 1. The van der Waals surface area contributed by atoms with E-state index in [1.165, 1.54) is 16.9 Å². The summed E-state index contributed by atoms with van der Waals surface area (Å²) in [4.78, 5) is 19.7. The van der Waals surface area contributed by atoms with Gasteiger partial charge >= 0.3 is 0 Å². The lowest BCUT2D eigenvalue weighted by Crippen LogP contribution is -2.42. The molecule has 1 aliphatic heterocycles. The number of aromatic nitrogens is 1. The molecule has 0 radical (unpaired) electrons. The lowest BCUT2D eigenvalue weighted by molar-refractivity contribution is -0.128. The first-order valence-electron chi connectivity index (χ1n) is 9.85. The molecular weight excluding hydrogens is 422 g/mol. The van der Waals surface area contributed by atoms with E-state index in [0.29, 0.717) is 15.9 Å². The number of carbonyl (C=O) groups is 1. The van der Waals surface area contributed by atoms with Gasteiger partial charge in [-0.2, -0.15) is 0 Å². The molecule has 2 aromatic carbocycles. The Labute approximate surface area is 184 Å². The first-order chi connectivity index (χ1) is 14.4. The number of benzene rings is 2. The summed E-state index contributed by atoms with van der Waals surface area (Å²) >= 11 is 7.37. The molecule has 6 nitrogen and oxygen atoms in total. The van der Waals surface area contributed by atoms with Crippen LogP contribution in [0.15, 0.2) is 42.5 Å². The summed E-state index contributed by atoms with van der Waals surface area (Å²) < 4.78 is 12.3. The Hall–Kier alpha value is -2.19. The first kappa shape index (κ1) is 21.1. The zero-order chi connectivity index (χ0) is 21.1. The molecule has 1 aliphatic rings. The molecule has 1 amide bonds. The number of carbonyl (C=O) groups excluding carboxylic acids is 1. The third kappa shape index (κ3) is 5.10. The van der Waals surface area contributed by atoms with E-state index in [2.05, 4.69) is 27.3 Å². The van der Waals surface area contributed by atoms with Crippen molar-refractivity contribution >= 4 is 44.2 Å². The number of amides is 1. The highest BCUT2D eigenvalue weighted by molar-refractivity contribution is 7.22. The van der Waals surface area contributed by atoms with Crippen molar-refractivity contribution in [3.05, 3.63) is 53.1 Å². The van der Waals surface area contributed by atoms with Crippen molar-refractivity contribution in [3.63, 3.8) is 0 Å². The van der Waals surface area contributed by atoms with Crippen molar-refractivity contribution in [1.82, 2.24) is 9.88 Å². The lowest BCUT2D eigenvalue weighted by Gasteiger charge is -2.26. The molecule has 3 aromatic rings. The Morgan fingerprint density at radius 3 is 2.70 bits per heavy atom. The van der Waals surface area contributed by atoms with Crippen LogP contribution in [0.4, 0.5) is 5.13 Å². The third-order valence-electron chi connectivity index (χ3n) is 4.92. The van der Waals surface area contributed by atoms with E-state index in [1.54, 1.807) is 38.1 Å². The highest BCUT2D eigenvalue weighted by atomic mass is 35.5. The molecule has 1 saturated heterocycles. The number of rotatable bonds is 6. The van der Waals surface area contributed by atoms with Gasteiger partial charge in [0.15, 0.2) is 10.7 Å². The number of morpholine rings is 1. The van der Waals surface area contributed by atoms with E-state index in [0.717, 1.165) is 43.1 Å². The highest BCUT2D eigenvalue weighted by Crippen LogP contribution is 2.29. The topological polar surface area (TPSA) is 63.7 Å². The lowest BCUT2D eigenvalue weighted by atomic mass is 10.1. The SMILES string of the molecule is CC(C)(Oc1ccc(Cl)cc1)C(=O)Nc1nc2ccc(CN3CCOCC3)cc2s1. The monoisotopic (exact) mass is 445 g/mol. The first-order valence-corrected chi connectivity index (χ1v) is 11.0. The highest BCUT2D eigenvalue weighted by Gasteiger charge is 2.31. The molecule has 0 saturated carbocycles. The zero-order valence-electron chi connectivity index (χ0n) is 17.0. The normalized spacial score (nSPS) is 15.3. The second-order valence-corrected chi connectivity index (χ2v) is 9.20. The standard InChI is InChI=1S/C22H24ClN3O3S/c1-22(2,29-17-6-4-16(23)5-7-17)20(27)25-21-24-18-8-3-15(13-19(18)30-21)14-26-9-11-28-12-10-26/h3-8,13H,9-12,14H2,1-2H3,(H,24,25,27). The van der Waals surface area contributed by atoms with Gasteiger partial charge in [-0.05, 0) is 55.8 Å². The number of nitrogens with one attached hydrogen (secondary N) is 1. The molecule has 30 heavy (non-hydrogen) atoms. The van der Waals surface area contributed by atoms with Crippen LogP contribution in [0.25, 0.3) is 10.2 Å². The van der Waals surface area contributed by atoms with Crippen molar-refractivity contribution in [2.75, 3.05) is 31.6 Å². The van der Waals surface area contributed by atoms with Crippen LogP contribution in [-0.4, -0.2) is 47.7 Å². The Kier molecular flexibility index (Phi) is 6.24. The summed E-state index contributed by atoms with van der Waals surface area (Å²) in [5, 5.41) is 4.07. The Balaban J connectivity index is 1.43. The summed E-state index contributed by atoms with van der Waals surface area (Å²) in [5.41, 5.74) is 1.04. The van der Waals surface area contributed by atoms with Gasteiger partial charge in [0, 0.05) is 24.7 Å². The quantitative estimate of drug-likeness (QED) is 0.601. The second-order valence-electron chi connectivity index (χ2n) is 7.73. The van der Waals surface area contributed by atoms with Crippen LogP contribution in [-0.2, 0) is 16.1 Å². The Morgan fingerprint density at radius 2 is 1.97 bits per heavy atom. The van der Waals surface area contributed by atoms with E-state index in [1.807, 2.05) is 6.07 Å². The number of nitrogens with zero attached hydrogens (tertiary/aromatic N) is 2. The number of thiazole rings is 1. The van der Waals surface area contributed by atoms with Gasteiger partial charge in [-0.25, -0.2) is 4.98 Å². The van der Waals surface area contributed by atoms with Gasteiger partial charge in [-0.3, -0.25) is 15.0 Å². The molecule has 8 heteroatoms. The largest absolute Gasteiger partial charge is 0.478 e. The minimum atomic E-state index is -1.06. The molecule has 1 fully saturated rings. The summed E-state index contributed by atoms with van der Waals surface area (Å²) in [5.74, 6) is 0.321. The van der Waals surface area contributed by atoms with Gasteiger partial charge in [-0.15, -0.1) is 0 Å². The summed E-state index contributed by atoms with van der Waals surface area (Å²) in [6, 6.07) is 13.2. The number of halogens is 1. The fourth-order valence-electron chi connectivity index (χ4n) is 3.23. The maximum atomic E-state index is 12.8. The van der Waals surface area contributed by atoms with Crippen LogP contribution >= 0.6 is 22.9 Å². The summed E-state index contributed by atoms with van der Waals surface area (Å²) in [7, 11) is 0. The van der Waals surface area contributed by atoms with Gasteiger partial charge in [0.05, 0.1) is 23.4 Å². The number of hydrogen-bond donors (Lipinski definition) is 1. The maximum Gasteiger partial charge on any atom is 0.269 e. The number of fused-ring (bicyclic) bond motifs is 1. The number of ether oxygens (including phenoxy) is 2. The molecule has 0 unspecified atom stereocenters.